The molecule has 2 nitrogen and oxygen atoms in total. The molecule has 0 aliphatic carbocycles. The van der Waals surface area contributed by atoms with Crippen LogP contribution in [0.4, 0.5) is 0 Å². The maximum absolute atomic E-state index is 5.89. The molecule has 0 bridgehead atoms. The zero-order valence-electron chi connectivity index (χ0n) is 11.8. The lowest BCUT2D eigenvalue weighted by Gasteiger charge is -2.14. The maximum atomic E-state index is 5.89. The molecule has 1 rings (SSSR count). The second kappa shape index (κ2) is 6.65. The van der Waals surface area contributed by atoms with Gasteiger partial charge in [0.2, 0.25) is 0 Å². The Morgan fingerprint density at radius 1 is 1.12 bits per heavy atom. The molecule has 2 heteroatoms. The normalized spacial score (nSPS) is 10.9. The average Bonchev–Trinajstić information content (AvgIpc) is 2.27. The van der Waals surface area contributed by atoms with Crippen molar-refractivity contribution in [3.63, 3.8) is 0 Å². The van der Waals surface area contributed by atoms with Gasteiger partial charge in [0.1, 0.15) is 5.75 Å². The Bertz CT molecular complexity index is 358. The van der Waals surface area contributed by atoms with E-state index in [1.54, 1.807) is 0 Å². The van der Waals surface area contributed by atoms with Crippen molar-refractivity contribution in [3.05, 3.63) is 28.8 Å². The van der Waals surface area contributed by atoms with Crippen molar-refractivity contribution >= 4 is 0 Å². The molecule has 1 aromatic carbocycles. The zero-order valence-corrected chi connectivity index (χ0v) is 11.8. The minimum absolute atomic E-state index is 0.553. The maximum Gasteiger partial charge on any atom is 0.125 e. The van der Waals surface area contributed by atoms with Crippen LogP contribution in [0.15, 0.2) is 12.1 Å². The highest BCUT2D eigenvalue weighted by Gasteiger charge is 2.05. The van der Waals surface area contributed by atoms with Gasteiger partial charge < -0.3 is 10.1 Å². The third-order valence-corrected chi connectivity index (χ3v) is 2.99. The standard InChI is InChI=1S/C15H25NO/c1-11(2)16-9-6-10-17-15-13(4)8-7-12(3)14(15)5/h7-8,11,16H,6,9-10H2,1-5H3. The molecular weight excluding hydrogens is 210 g/mol. The summed E-state index contributed by atoms with van der Waals surface area (Å²) in [4.78, 5) is 0. The molecular formula is C15H25NO. The highest BCUT2D eigenvalue weighted by molar-refractivity contribution is 5.44. The minimum Gasteiger partial charge on any atom is -0.493 e. The highest BCUT2D eigenvalue weighted by atomic mass is 16.5. The van der Waals surface area contributed by atoms with Crippen molar-refractivity contribution in [2.24, 2.45) is 0 Å². The van der Waals surface area contributed by atoms with E-state index in [1.165, 1.54) is 16.7 Å². The summed E-state index contributed by atoms with van der Waals surface area (Å²) in [5.74, 6) is 1.06. The molecule has 1 N–H and O–H groups in total. The van der Waals surface area contributed by atoms with Crippen LogP contribution >= 0.6 is 0 Å². The second-order valence-corrected chi connectivity index (χ2v) is 4.96. The van der Waals surface area contributed by atoms with Crippen molar-refractivity contribution in [2.45, 2.75) is 47.1 Å². The van der Waals surface area contributed by atoms with E-state index in [-0.39, 0.29) is 0 Å². The summed E-state index contributed by atoms with van der Waals surface area (Å²) in [6.07, 6.45) is 1.05. The van der Waals surface area contributed by atoms with E-state index in [9.17, 15) is 0 Å². The Balaban J connectivity index is 2.44. The summed E-state index contributed by atoms with van der Waals surface area (Å²) in [6.45, 7) is 12.5. The molecule has 0 atom stereocenters. The van der Waals surface area contributed by atoms with E-state index in [0.29, 0.717) is 6.04 Å². The van der Waals surface area contributed by atoms with Crippen molar-refractivity contribution < 1.29 is 4.74 Å². The first-order valence-electron chi connectivity index (χ1n) is 6.45. The first-order chi connectivity index (χ1) is 8.02. The molecule has 1 aromatic rings. The number of benzene rings is 1. The first kappa shape index (κ1) is 14.0. The Morgan fingerprint density at radius 2 is 1.76 bits per heavy atom. The average molecular weight is 235 g/mol. The van der Waals surface area contributed by atoms with Crippen LogP contribution in [0.3, 0.4) is 0 Å². The van der Waals surface area contributed by atoms with Gasteiger partial charge in [0.25, 0.3) is 0 Å². The number of hydrogen-bond acceptors (Lipinski definition) is 2. The highest BCUT2D eigenvalue weighted by Crippen LogP contribution is 2.25. The lowest BCUT2D eigenvalue weighted by molar-refractivity contribution is 0.302. The van der Waals surface area contributed by atoms with Crippen molar-refractivity contribution in [1.82, 2.24) is 5.32 Å². The van der Waals surface area contributed by atoms with Gasteiger partial charge in [-0.05, 0) is 50.4 Å². The molecule has 0 saturated heterocycles. The van der Waals surface area contributed by atoms with Gasteiger partial charge in [-0.2, -0.15) is 0 Å². The number of nitrogens with one attached hydrogen (secondary N) is 1. The summed E-state index contributed by atoms with van der Waals surface area (Å²) in [7, 11) is 0. The van der Waals surface area contributed by atoms with Crippen LogP contribution < -0.4 is 10.1 Å². The number of ether oxygens (including phenoxy) is 1. The van der Waals surface area contributed by atoms with Crippen molar-refractivity contribution in [2.75, 3.05) is 13.2 Å². The van der Waals surface area contributed by atoms with Crippen LogP contribution in [0.1, 0.15) is 37.0 Å². The minimum atomic E-state index is 0.553. The van der Waals surface area contributed by atoms with Gasteiger partial charge in [-0.3, -0.25) is 0 Å². The molecule has 0 unspecified atom stereocenters. The summed E-state index contributed by atoms with van der Waals surface area (Å²) in [5, 5.41) is 3.39. The quantitative estimate of drug-likeness (QED) is 0.763. The monoisotopic (exact) mass is 235 g/mol. The van der Waals surface area contributed by atoms with Crippen LogP contribution in [0.2, 0.25) is 0 Å². The molecule has 0 aromatic heterocycles. The fourth-order valence-corrected chi connectivity index (χ4v) is 1.78. The van der Waals surface area contributed by atoms with E-state index < -0.39 is 0 Å². The smallest absolute Gasteiger partial charge is 0.125 e. The van der Waals surface area contributed by atoms with Crippen molar-refractivity contribution in [3.8, 4) is 5.75 Å². The molecule has 17 heavy (non-hydrogen) atoms. The third-order valence-electron chi connectivity index (χ3n) is 2.99. The Morgan fingerprint density at radius 3 is 2.41 bits per heavy atom. The molecule has 0 aliphatic heterocycles. The second-order valence-electron chi connectivity index (χ2n) is 4.96. The van der Waals surface area contributed by atoms with Gasteiger partial charge in [-0.25, -0.2) is 0 Å². The summed E-state index contributed by atoms with van der Waals surface area (Å²) in [6, 6.07) is 4.83. The Hall–Kier alpha value is -1.02. The molecule has 0 fully saturated rings. The SMILES string of the molecule is Cc1ccc(C)c(OCCCNC(C)C)c1C. The van der Waals surface area contributed by atoms with Crippen LogP contribution in [-0.2, 0) is 0 Å². The van der Waals surface area contributed by atoms with Gasteiger partial charge in [-0.1, -0.05) is 26.0 Å². The van der Waals surface area contributed by atoms with Crippen LogP contribution in [0.25, 0.3) is 0 Å². The van der Waals surface area contributed by atoms with E-state index in [1.807, 2.05) is 0 Å². The van der Waals surface area contributed by atoms with Crippen LogP contribution in [-0.4, -0.2) is 19.2 Å². The lowest BCUT2D eigenvalue weighted by Crippen LogP contribution is -2.24. The molecule has 0 aliphatic rings. The van der Waals surface area contributed by atoms with E-state index >= 15 is 0 Å². The number of aryl methyl sites for hydroxylation is 2. The van der Waals surface area contributed by atoms with Crippen LogP contribution in [0.5, 0.6) is 5.75 Å². The predicted molar refractivity (Wildman–Crippen MR) is 73.9 cm³/mol. The lowest BCUT2D eigenvalue weighted by atomic mass is 10.1. The molecule has 0 amide bonds. The summed E-state index contributed by atoms with van der Waals surface area (Å²) in [5.41, 5.74) is 3.79. The first-order valence-corrected chi connectivity index (χ1v) is 6.45. The predicted octanol–water partition coefficient (Wildman–Crippen LogP) is 3.38. The largest absolute Gasteiger partial charge is 0.493 e. The molecule has 0 heterocycles. The fraction of sp³-hybridized carbons (Fsp3) is 0.600. The number of rotatable bonds is 6. The molecule has 0 spiro atoms. The molecule has 96 valence electrons. The van der Waals surface area contributed by atoms with E-state index in [2.05, 4.69) is 52.1 Å². The summed E-state index contributed by atoms with van der Waals surface area (Å²) < 4.78 is 5.89. The third kappa shape index (κ3) is 4.39. The molecule has 0 saturated carbocycles. The van der Waals surface area contributed by atoms with Gasteiger partial charge in [0, 0.05) is 6.04 Å². The van der Waals surface area contributed by atoms with Gasteiger partial charge >= 0.3 is 0 Å². The fourth-order valence-electron chi connectivity index (χ4n) is 1.78. The Labute approximate surface area is 105 Å². The van der Waals surface area contributed by atoms with E-state index in [0.717, 1.165) is 25.3 Å². The van der Waals surface area contributed by atoms with Gasteiger partial charge in [0.15, 0.2) is 0 Å². The Kier molecular flexibility index (Phi) is 5.49. The van der Waals surface area contributed by atoms with Crippen molar-refractivity contribution in [1.29, 1.82) is 0 Å². The van der Waals surface area contributed by atoms with Crippen LogP contribution in [0, 0.1) is 20.8 Å². The summed E-state index contributed by atoms with van der Waals surface area (Å²) >= 11 is 0. The zero-order chi connectivity index (χ0) is 12.8. The topological polar surface area (TPSA) is 21.3 Å². The molecule has 0 radical (unpaired) electrons. The van der Waals surface area contributed by atoms with Gasteiger partial charge in [-0.15, -0.1) is 0 Å². The van der Waals surface area contributed by atoms with Gasteiger partial charge in [0.05, 0.1) is 6.61 Å². The van der Waals surface area contributed by atoms with E-state index in [4.69, 9.17) is 4.74 Å². The number of hydrogen-bond donors (Lipinski definition) is 1.